The number of unbranched alkanes of at least 4 members (excludes halogenated alkanes) is 1. The first kappa shape index (κ1) is 23.6. The third-order valence-corrected chi connectivity index (χ3v) is 6.61. The molecule has 0 radical (unpaired) electrons. The van der Waals surface area contributed by atoms with Gasteiger partial charge in [-0.1, -0.05) is 26.2 Å². The van der Waals surface area contributed by atoms with Crippen LogP contribution in [0.5, 0.6) is 5.75 Å². The summed E-state index contributed by atoms with van der Waals surface area (Å²) < 4.78 is 5.81. The summed E-state index contributed by atoms with van der Waals surface area (Å²) in [4.78, 5) is 29.5. The maximum atomic E-state index is 12.9. The number of carbonyl (C=O) groups is 2. The van der Waals surface area contributed by atoms with Gasteiger partial charge in [0.05, 0.1) is 5.69 Å². The Labute approximate surface area is 187 Å². The summed E-state index contributed by atoms with van der Waals surface area (Å²) in [5, 5.41) is 3.10. The van der Waals surface area contributed by atoms with Crippen molar-refractivity contribution in [3.05, 3.63) is 18.2 Å². The smallest absolute Gasteiger partial charge is 0.267 e. The molecule has 1 aliphatic heterocycles. The Bertz CT molecular complexity index is 756. The van der Waals surface area contributed by atoms with Gasteiger partial charge in [0.2, 0.25) is 5.91 Å². The standard InChI is InChI=1S/C25H39N3O3/c1-5-6-8-19-9-11-20(12-10-19)24(29)26-21-13-14-23-22(17-21)28(16-7-15-27(3)4)25(30)18(2)31-23/h13-14,17-20H,5-12,15-16H2,1-4H3,(H,26,29). The van der Waals surface area contributed by atoms with E-state index >= 15 is 0 Å². The molecule has 1 aromatic carbocycles. The molecule has 31 heavy (non-hydrogen) atoms. The topological polar surface area (TPSA) is 61.9 Å². The van der Waals surface area contributed by atoms with Gasteiger partial charge >= 0.3 is 0 Å². The maximum Gasteiger partial charge on any atom is 0.267 e. The lowest BCUT2D eigenvalue weighted by Gasteiger charge is -2.34. The average Bonchev–Trinajstić information content (AvgIpc) is 2.75. The zero-order chi connectivity index (χ0) is 22.4. The largest absolute Gasteiger partial charge is 0.479 e. The van der Waals surface area contributed by atoms with Gasteiger partial charge in [0.25, 0.3) is 5.91 Å². The highest BCUT2D eigenvalue weighted by molar-refractivity contribution is 6.01. The molecule has 6 heteroatoms. The van der Waals surface area contributed by atoms with Crippen molar-refractivity contribution >= 4 is 23.2 Å². The minimum atomic E-state index is -0.491. The van der Waals surface area contributed by atoms with E-state index in [2.05, 4.69) is 17.1 Å². The summed E-state index contributed by atoms with van der Waals surface area (Å²) in [6, 6.07) is 5.64. The second kappa shape index (κ2) is 11.0. The summed E-state index contributed by atoms with van der Waals surface area (Å²) in [6.07, 6.45) is 8.48. The summed E-state index contributed by atoms with van der Waals surface area (Å²) >= 11 is 0. The Hall–Kier alpha value is -2.08. The van der Waals surface area contributed by atoms with Crippen molar-refractivity contribution in [3.63, 3.8) is 0 Å². The minimum Gasteiger partial charge on any atom is -0.479 e. The molecule has 2 aliphatic rings. The molecule has 172 valence electrons. The zero-order valence-corrected chi connectivity index (χ0v) is 19.7. The van der Waals surface area contributed by atoms with Crippen LogP contribution in [0.2, 0.25) is 0 Å². The van der Waals surface area contributed by atoms with E-state index in [4.69, 9.17) is 4.74 Å². The van der Waals surface area contributed by atoms with E-state index in [0.717, 1.165) is 55.9 Å². The molecule has 6 nitrogen and oxygen atoms in total. The van der Waals surface area contributed by atoms with Crippen LogP contribution < -0.4 is 15.0 Å². The summed E-state index contributed by atoms with van der Waals surface area (Å²) in [7, 11) is 4.06. The van der Waals surface area contributed by atoms with Gasteiger partial charge in [-0.2, -0.15) is 0 Å². The number of nitrogens with one attached hydrogen (secondary N) is 1. The third kappa shape index (κ3) is 6.22. The first-order valence-corrected chi connectivity index (χ1v) is 12.0. The van der Waals surface area contributed by atoms with Gasteiger partial charge in [-0.05, 0) is 83.8 Å². The van der Waals surface area contributed by atoms with Crippen LogP contribution in [0.3, 0.4) is 0 Å². The zero-order valence-electron chi connectivity index (χ0n) is 19.7. The minimum absolute atomic E-state index is 0.0277. The van der Waals surface area contributed by atoms with Crippen molar-refractivity contribution in [1.82, 2.24) is 4.90 Å². The Morgan fingerprint density at radius 2 is 1.94 bits per heavy atom. The lowest BCUT2D eigenvalue weighted by atomic mass is 9.79. The van der Waals surface area contributed by atoms with Crippen LogP contribution in [0.4, 0.5) is 11.4 Å². The van der Waals surface area contributed by atoms with Crippen molar-refractivity contribution in [3.8, 4) is 5.75 Å². The predicted octanol–water partition coefficient (Wildman–Crippen LogP) is 4.69. The molecule has 1 unspecified atom stereocenters. The lowest BCUT2D eigenvalue weighted by molar-refractivity contribution is -0.125. The first-order chi connectivity index (χ1) is 14.9. The lowest BCUT2D eigenvalue weighted by Crippen LogP contribution is -2.45. The number of benzene rings is 1. The van der Waals surface area contributed by atoms with Crippen LogP contribution in [0.25, 0.3) is 0 Å². The number of ether oxygens (including phenoxy) is 1. The fraction of sp³-hybridized carbons (Fsp3) is 0.680. The summed E-state index contributed by atoms with van der Waals surface area (Å²) in [5.41, 5.74) is 1.49. The molecule has 1 N–H and O–H groups in total. The quantitative estimate of drug-likeness (QED) is 0.619. The molecule has 0 bridgehead atoms. The van der Waals surface area contributed by atoms with E-state index in [1.54, 1.807) is 6.92 Å². The summed E-state index contributed by atoms with van der Waals surface area (Å²) in [5.74, 6) is 1.65. The molecule has 3 rings (SSSR count). The van der Waals surface area contributed by atoms with Gasteiger partial charge in [-0.25, -0.2) is 0 Å². The molecule has 2 amide bonds. The Balaban J connectivity index is 1.64. The second-order valence-electron chi connectivity index (χ2n) is 9.44. The highest BCUT2D eigenvalue weighted by Crippen LogP contribution is 2.37. The molecule has 0 spiro atoms. The monoisotopic (exact) mass is 429 g/mol. The summed E-state index contributed by atoms with van der Waals surface area (Å²) in [6.45, 7) is 5.57. The molecule has 1 aliphatic carbocycles. The van der Waals surface area contributed by atoms with Crippen molar-refractivity contribution in [2.24, 2.45) is 11.8 Å². The second-order valence-corrected chi connectivity index (χ2v) is 9.44. The number of nitrogens with zero attached hydrogens (tertiary/aromatic N) is 2. The molecule has 1 atom stereocenters. The Kier molecular flexibility index (Phi) is 8.35. The van der Waals surface area contributed by atoms with Crippen molar-refractivity contribution in [2.45, 2.75) is 71.3 Å². The van der Waals surface area contributed by atoms with E-state index in [-0.39, 0.29) is 17.7 Å². The van der Waals surface area contributed by atoms with Gasteiger partial charge in [0.1, 0.15) is 5.75 Å². The number of anilines is 2. The van der Waals surface area contributed by atoms with Crippen molar-refractivity contribution < 1.29 is 14.3 Å². The molecule has 0 aromatic heterocycles. The van der Waals surface area contributed by atoms with Gasteiger partial charge in [0, 0.05) is 18.2 Å². The number of fused-ring (bicyclic) bond motifs is 1. The van der Waals surface area contributed by atoms with E-state index in [0.29, 0.717) is 12.3 Å². The molecule has 1 saturated carbocycles. The number of carbonyl (C=O) groups excluding carboxylic acids is 2. The first-order valence-electron chi connectivity index (χ1n) is 12.0. The molecule has 0 saturated heterocycles. The maximum absolute atomic E-state index is 12.9. The van der Waals surface area contributed by atoms with Crippen LogP contribution in [-0.2, 0) is 9.59 Å². The van der Waals surface area contributed by atoms with Crippen LogP contribution >= 0.6 is 0 Å². The van der Waals surface area contributed by atoms with Gasteiger partial charge < -0.3 is 19.9 Å². The number of hydrogen-bond acceptors (Lipinski definition) is 4. The molecule has 1 aromatic rings. The fourth-order valence-electron chi connectivity index (χ4n) is 4.71. The van der Waals surface area contributed by atoms with Crippen LogP contribution in [-0.4, -0.2) is 50.0 Å². The SMILES string of the molecule is CCCCC1CCC(C(=O)Nc2ccc3c(c2)N(CCCN(C)C)C(=O)C(C)O3)CC1. The van der Waals surface area contributed by atoms with Crippen LogP contribution in [0.15, 0.2) is 18.2 Å². The molecular formula is C25H39N3O3. The van der Waals surface area contributed by atoms with Crippen molar-refractivity contribution in [1.29, 1.82) is 0 Å². The Morgan fingerprint density at radius 1 is 1.19 bits per heavy atom. The van der Waals surface area contributed by atoms with E-state index in [1.807, 2.05) is 37.2 Å². The van der Waals surface area contributed by atoms with Crippen LogP contribution in [0.1, 0.15) is 65.2 Å². The van der Waals surface area contributed by atoms with E-state index < -0.39 is 6.10 Å². The van der Waals surface area contributed by atoms with Gasteiger partial charge in [0.15, 0.2) is 6.10 Å². The normalized spacial score (nSPS) is 23.5. The van der Waals surface area contributed by atoms with Gasteiger partial charge in [-0.3, -0.25) is 9.59 Å². The van der Waals surface area contributed by atoms with Crippen molar-refractivity contribution in [2.75, 3.05) is 37.4 Å². The number of hydrogen-bond donors (Lipinski definition) is 1. The van der Waals surface area contributed by atoms with E-state index in [9.17, 15) is 9.59 Å². The van der Waals surface area contributed by atoms with Gasteiger partial charge in [-0.15, -0.1) is 0 Å². The molecular weight excluding hydrogens is 390 g/mol. The predicted molar refractivity (Wildman–Crippen MR) is 126 cm³/mol. The number of amides is 2. The molecule has 1 heterocycles. The third-order valence-electron chi connectivity index (χ3n) is 6.61. The average molecular weight is 430 g/mol. The molecule has 1 fully saturated rings. The number of rotatable bonds is 9. The van der Waals surface area contributed by atoms with E-state index in [1.165, 1.54) is 19.3 Å². The fourth-order valence-corrected chi connectivity index (χ4v) is 4.71. The highest BCUT2D eigenvalue weighted by atomic mass is 16.5. The Morgan fingerprint density at radius 3 is 2.61 bits per heavy atom. The van der Waals surface area contributed by atoms with Crippen LogP contribution in [0, 0.1) is 11.8 Å². The highest BCUT2D eigenvalue weighted by Gasteiger charge is 2.32.